The van der Waals surface area contributed by atoms with Crippen molar-refractivity contribution in [2.75, 3.05) is 13.1 Å². The van der Waals surface area contributed by atoms with Crippen LogP contribution in [0.2, 0.25) is 0 Å². The van der Waals surface area contributed by atoms with E-state index in [2.05, 4.69) is 0 Å². The molecule has 0 saturated carbocycles. The molecule has 0 N–H and O–H groups in total. The first-order valence-corrected chi connectivity index (χ1v) is 11.9. The summed E-state index contributed by atoms with van der Waals surface area (Å²) in [4.78, 5) is 14.0. The molecule has 180 valence electrons. The lowest BCUT2D eigenvalue weighted by Gasteiger charge is -2.24. The molecule has 0 aliphatic carbocycles. The lowest BCUT2D eigenvalue weighted by Crippen LogP contribution is -2.36. The largest absolute Gasteiger partial charge is 0.444 e. The Morgan fingerprint density at radius 1 is 1.00 bits per heavy atom. The number of hydrogen-bond donors (Lipinski definition) is 0. The molecular weight excluding hydrogens is 459 g/mol. The first-order chi connectivity index (χ1) is 15.3. The zero-order chi connectivity index (χ0) is 24.4. The molecule has 2 aromatic carbocycles. The number of hydrogen-bond acceptors (Lipinski definition) is 5. The second kappa shape index (κ2) is 9.34. The summed E-state index contributed by atoms with van der Waals surface area (Å²) in [6.45, 7) is 4.87. The van der Waals surface area contributed by atoms with Gasteiger partial charge in [0.05, 0.1) is 29.7 Å². The van der Waals surface area contributed by atoms with Crippen LogP contribution in [-0.2, 0) is 32.1 Å². The number of nitrogens with zero attached hydrogens (tertiary/aromatic N) is 1. The minimum atomic E-state index is -4.45. The van der Waals surface area contributed by atoms with Crippen molar-refractivity contribution in [2.24, 2.45) is 0 Å². The van der Waals surface area contributed by atoms with E-state index in [0.717, 1.165) is 12.1 Å². The third kappa shape index (κ3) is 6.26. The molecule has 1 aliphatic heterocycles. The molecule has 33 heavy (non-hydrogen) atoms. The fourth-order valence-corrected chi connectivity index (χ4v) is 5.28. The Labute approximate surface area is 191 Å². The van der Waals surface area contributed by atoms with Crippen molar-refractivity contribution < 1.29 is 35.9 Å². The van der Waals surface area contributed by atoms with Crippen LogP contribution in [-0.4, -0.2) is 49.5 Å². The maximum atomic E-state index is 13.3. The van der Waals surface area contributed by atoms with Gasteiger partial charge in [0.1, 0.15) is 10.9 Å². The fraction of sp³-hybridized carbons (Fsp3) is 0.435. The molecule has 6 nitrogen and oxygen atoms in total. The molecule has 1 saturated heterocycles. The Morgan fingerprint density at radius 3 is 2.15 bits per heavy atom. The highest BCUT2D eigenvalue weighted by Gasteiger charge is 2.45. The molecule has 1 amide bonds. The summed E-state index contributed by atoms with van der Waals surface area (Å²) >= 11 is 0. The Balaban J connectivity index is 1.80. The van der Waals surface area contributed by atoms with E-state index in [1.54, 1.807) is 39.0 Å². The van der Waals surface area contributed by atoms with Crippen LogP contribution in [0.1, 0.15) is 31.9 Å². The Hall–Kier alpha value is -2.59. The number of ether oxygens (including phenoxy) is 2. The third-order valence-corrected chi connectivity index (χ3v) is 7.26. The van der Waals surface area contributed by atoms with Gasteiger partial charge in [-0.3, -0.25) is 0 Å². The van der Waals surface area contributed by atoms with E-state index in [4.69, 9.17) is 9.47 Å². The van der Waals surface area contributed by atoms with Gasteiger partial charge in [-0.05, 0) is 50.6 Å². The van der Waals surface area contributed by atoms with Crippen molar-refractivity contribution in [3.63, 3.8) is 0 Å². The van der Waals surface area contributed by atoms with E-state index < -0.39 is 44.6 Å². The minimum Gasteiger partial charge on any atom is -0.444 e. The Morgan fingerprint density at radius 2 is 1.61 bits per heavy atom. The number of amides is 1. The van der Waals surface area contributed by atoms with Crippen LogP contribution in [0.25, 0.3) is 0 Å². The topological polar surface area (TPSA) is 72.9 Å². The van der Waals surface area contributed by atoms with Crippen molar-refractivity contribution in [2.45, 2.75) is 55.4 Å². The SMILES string of the molecule is CC(C)(C)OC(=O)N1CC(OCc2ccc(C(F)(F)F)cc2)C(S(=O)(=O)c2ccccc2)C1. The molecule has 3 rings (SSSR count). The van der Waals surface area contributed by atoms with E-state index in [0.29, 0.717) is 5.56 Å². The van der Waals surface area contributed by atoms with Gasteiger partial charge in [-0.15, -0.1) is 0 Å². The van der Waals surface area contributed by atoms with Gasteiger partial charge in [0.25, 0.3) is 0 Å². The van der Waals surface area contributed by atoms with Crippen LogP contribution in [0, 0.1) is 0 Å². The third-order valence-electron chi connectivity index (χ3n) is 5.08. The monoisotopic (exact) mass is 485 g/mol. The minimum absolute atomic E-state index is 0.0215. The van der Waals surface area contributed by atoms with Crippen molar-refractivity contribution >= 4 is 15.9 Å². The summed E-state index contributed by atoms with van der Waals surface area (Å²) < 4.78 is 76.1. The lowest BCUT2D eigenvalue weighted by molar-refractivity contribution is -0.137. The van der Waals surface area contributed by atoms with Crippen molar-refractivity contribution in [1.29, 1.82) is 0 Å². The molecule has 1 fully saturated rings. The lowest BCUT2D eigenvalue weighted by atomic mass is 10.1. The molecule has 2 aromatic rings. The van der Waals surface area contributed by atoms with Gasteiger partial charge in [-0.25, -0.2) is 13.2 Å². The number of carbonyl (C=O) groups is 1. The first-order valence-electron chi connectivity index (χ1n) is 10.3. The number of carbonyl (C=O) groups excluding carboxylic acids is 1. The van der Waals surface area contributed by atoms with E-state index in [-0.39, 0.29) is 24.6 Å². The van der Waals surface area contributed by atoms with Gasteiger partial charge in [-0.2, -0.15) is 13.2 Å². The number of likely N-dealkylation sites (tertiary alicyclic amines) is 1. The van der Waals surface area contributed by atoms with Gasteiger partial charge < -0.3 is 14.4 Å². The number of halogens is 3. The molecule has 1 aliphatic rings. The molecule has 0 radical (unpaired) electrons. The van der Waals surface area contributed by atoms with Crippen LogP contribution in [0.15, 0.2) is 59.5 Å². The first kappa shape index (κ1) is 25.0. The van der Waals surface area contributed by atoms with Crippen LogP contribution in [0.4, 0.5) is 18.0 Å². The summed E-state index contributed by atoms with van der Waals surface area (Å²) in [5, 5.41) is -1.05. The van der Waals surface area contributed by atoms with Gasteiger partial charge in [0, 0.05) is 6.54 Å². The number of sulfone groups is 1. The van der Waals surface area contributed by atoms with Crippen molar-refractivity contribution in [3.8, 4) is 0 Å². The molecular formula is C23H26F3NO5S. The molecule has 2 atom stereocenters. The summed E-state index contributed by atoms with van der Waals surface area (Å²) in [5.74, 6) is 0. The smallest absolute Gasteiger partial charge is 0.416 e. The van der Waals surface area contributed by atoms with Gasteiger partial charge in [0.15, 0.2) is 9.84 Å². The molecule has 0 spiro atoms. The van der Waals surface area contributed by atoms with Crippen LogP contribution in [0.3, 0.4) is 0 Å². The Bertz CT molecular complexity index is 1060. The second-order valence-corrected chi connectivity index (χ2v) is 11.0. The number of rotatable bonds is 5. The summed E-state index contributed by atoms with van der Waals surface area (Å²) in [6, 6.07) is 12.3. The van der Waals surface area contributed by atoms with Crippen LogP contribution >= 0.6 is 0 Å². The molecule has 10 heteroatoms. The maximum Gasteiger partial charge on any atom is 0.416 e. The van der Waals surface area contributed by atoms with E-state index in [1.807, 2.05) is 0 Å². The molecule has 1 heterocycles. The number of benzene rings is 2. The zero-order valence-electron chi connectivity index (χ0n) is 18.5. The highest BCUT2D eigenvalue weighted by Crippen LogP contribution is 2.30. The van der Waals surface area contributed by atoms with E-state index in [9.17, 15) is 26.4 Å². The maximum absolute atomic E-state index is 13.3. The quantitative estimate of drug-likeness (QED) is 0.615. The second-order valence-electron chi connectivity index (χ2n) is 8.83. The summed E-state index contributed by atoms with van der Waals surface area (Å²) in [5.41, 5.74) is -1.09. The normalized spacial score (nSPS) is 19.5. The zero-order valence-corrected chi connectivity index (χ0v) is 19.3. The van der Waals surface area contributed by atoms with Crippen LogP contribution in [0.5, 0.6) is 0 Å². The highest BCUT2D eigenvalue weighted by molar-refractivity contribution is 7.92. The van der Waals surface area contributed by atoms with Gasteiger partial charge in [0.2, 0.25) is 0 Å². The van der Waals surface area contributed by atoms with Gasteiger partial charge >= 0.3 is 12.3 Å². The predicted molar refractivity (Wildman–Crippen MR) is 115 cm³/mol. The van der Waals surface area contributed by atoms with Crippen molar-refractivity contribution in [3.05, 3.63) is 65.7 Å². The average Bonchev–Trinajstić information content (AvgIpc) is 3.17. The molecule has 0 bridgehead atoms. The molecule has 0 aromatic heterocycles. The van der Waals surface area contributed by atoms with E-state index >= 15 is 0 Å². The standard InChI is InChI=1S/C23H26F3NO5S/c1-22(2,3)32-21(28)27-13-19(20(14-27)33(29,30)18-7-5-4-6-8-18)31-15-16-9-11-17(12-10-16)23(24,25)26/h4-12,19-20H,13-15H2,1-3H3. The van der Waals surface area contributed by atoms with E-state index in [1.165, 1.54) is 29.2 Å². The summed E-state index contributed by atoms with van der Waals surface area (Å²) in [6.07, 6.45) is -5.99. The predicted octanol–water partition coefficient (Wildman–Crippen LogP) is 4.68. The highest BCUT2D eigenvalue weighted by atomic mass is 32.2. The van der Waals surface area contributed by atoms with Gasteiger partial charge in [-0.1, -0.05) is 30.3 Å². The summed E-state index contributed by atoms with van der Waals surface area (Å²) in [7, 11) is -3.85. The van der Waals surface area contributed by atoms with Crippen molar-refractivity contribution in [1.82, 2.24) is 4.90 Å². The number of alkyl halides is 3. The fourth-order valence-electron chi connectivity index (χ4n) is 3.46. The molecule has 2 unspecified atom stereocenters. The average molecular weight is 486 g/mol. The Kier molecular flexibility index (Phi) is 7.09. The van der Waals surface area contributed by atoms with Crippen LogP contribution < -0.4 is 0 Å².